The van der Waals surface area contributed by atoms with Crippen molar-refractivity contribution in [2.75, 3.05) is 0 Å². The summed E-state index contributed by atoms with van der Waals surface area (Å²) in [5, 5.41) is 0.764. The van der Waals surface area contributed by atoms with Gasteiger partial charge in [0, 0.05) is 10.8 Å². The van der Waals surface area contributed by atoms with E-state index in [9.17, 15) is 9.59 Å². The summed E-state index contributed by atoms with van der Waals surface area (Å²) >= 11 is 0. The van der Waals surface area contributed by atoms with Gasteiger partial charge in [-0.3, -0.25) is 4.79 Å². The van der Waals surface area contributed by atoms with Crippen LogP contribution in [0.15, 0.2) is 39.5 Å². The van der Waals surface area contributed by atoms with Crippen LogP contribution < -0.4 is 5.63 Å². The lowest BCUT2D eigenvalue weighted by atomic mass is 9.87. The van der Waals surface area contributed by atoms with Crippen LogP contribution >= 0.6 is 0 Å². The number of hydrogen-bond donors (Lipinski definition) is 0. The van der Waals surface area contributed by atoms with Crippen LogP contribution in [-0.2, 0) is 0 Å². The highest BCUT2D eigenvalue weighted by atomic mass is 16.4. The van der Waals surface area contributed by atoms with Gasteiger partial charge >= 0.3 is 5.63 Å². The van der Waals surface area contributed by atoms with Gasteiger partial charge in [0.2, 0.25) is 0 Å². The van der Waals surface area contributed by atoms with Gasteiger partial charge in [-0.2, -0.15) is 0 Å². The Kier molecular flexibility index (Phi) is 2.62. The third-order valence-corrected chi connectivity index (χ3v) is 2.57. The van der Waals surface area contributed by atoms with Crippen LogP contribution in [0.25, 0.3) is 11.0 Å². The van der Waals surface area contributed by atoms with Crippen molar-refractivity contribution in [2.24, 2.45) is 5.41 Å². The summed E-state index contributed by atoms with van der Waals surface area (Å²) in [7, 11) is 0. The van der Waals surface area contributed by atoms with Gasteiger partial charge in [0.25, 0.3) is 0 Å². The summed E-state index contributed by atoms with van der Waals surface area (Å²) in [6.45, 7) is 5.35. The quantitative estimate of drug-likeness (QED) is 0.559. The Bertz CT molecular complexity index is 630. The van der Waals surface area contributed by atoms with Gasteiger partial charge < -0.3 is 4.42 Å². The van der Waals surface area contributed by atoms with Gasteiger partial charge in [-0.1, -0.05) is 39.0 Å². The van der Waals surface area contributed by atoms with Crippen LogP contribution in [0.3, 0.4) is 0 Å². The number of benzene rings is 1. The second-order valence-electron chi connectivity index (χ2n) is 5.06. The second-order valence-corrected chi connectivity index (χ2v) is 5.06. The van der Waals surface area contributed by atoms with Crippen molar-refractivity contribution >= 4 is 16.8 Å². The number of carbonyl (C=O) groups excluding carboxylic acids is 1. The van der Waals surface area contributed by atoms with Gasteiger partial charge in [-0.25, -0.2) is 4.79 Å². The minimum Gasteiger partial charge on any atom is -0.422 e. The number of hydrogen-bond acceptors (Lipinski definition) is 3. The molecule has 0 aliphatic rings. The summed E-state index contributed by atoms with van der Waals surface area (Å²) < 4.78 is 5.13. The normalized spacial score (nSPS) is 11.7. The molecule has 0 radical (unpaired) electrons. The highest BCUT2D eigenvalue weighted by Crippen LogP contribution is 2.21. The largest absolute Gasteiger partial charge is 0.422 e. The zero-order chi connectivity index (χ0) is 12.6. The third kappa shape index (κ3) is 2.13. The number of para-hydroxylation sites is 1. The van der Waals surface area contributed by atoms with Crippen molar-refractivity contribution in [3.63, 3.8) is 0 Å². The molecule has 3 nitrogen and oxygen atoms in total. The fourth-order valence-corrected chi connectivity index (χ4v) is 1.62. The van der Waals surface area contributed by atoms with Crippen LogP contribution in [0.2, 0.25) is 0 Å². The lowest BCUT2D eigenvalue weighted by molar-refractivity contribution is 0.0854. The number of Topliss-reactive ketones (excluding diaryl/α,β-unsaturated/α-hetero) is 1. The topological polar surface area (TPSA) is 47.3 Å². The van der Waals surface area contributed by atoms with Gasteiger partial charge in [0.05, 0.1) is 0 Å². The molecule has 0 fully saturated rings. The van der Waals surface area contributed by atoms with E-state index in [4.69, 9.17) is 4.42 Å². The molecule has 0 aliphatic carbocycles. The first-order valence-corrected chi connectivity index (χ1v) is 5.47. The fourth-order valence-electron chi connectivity index (χ4n) is 1.62. The molecule has 17 heavy (non-hydrogen) atoms. The maximum Gasteiger partial charge on any atom is 0.347 e. The monoisotopic (exact) mass is 230 g/mol. The summed E-state index contributed by atoms with van der Waals surface area (Å²) in [5.74, 6) is -0.197. The second kappa shape index (κ2) is 3.84. The zero-order valence-corrected chi connectivity index (χ0v) is 10.1. The predicted octanol–water partition coefficient (Wildman–Crippen LogP) is 3.02. The third-order valence-electron chi connectivity index (χ3n) is 2.57. The van der Waals surface area contributed by atoms with Crippen LogP contribution in [0.1, 0.15) is 31.1 Å². The summed E-state index contributed by atoms with van der Waals surface area (Å²) in [4.78, 5) is 23.8. The molecule has 0 saturated heterocycles. The van der Waals surface area contributed by atoms with E-state index in [-0.39, 0.29) is 11.3 Å². The molecule has 0 spiro atoms. The molecular formula is C14H14O3. The van der Waals surface area contributed by atoms with Crippen LogP contribution in [0.5, 0.6) is 0 Å². The molecule has 1 heterocycles. The first-order valence-electron chi connectivity index (χ1n) is 5.47. The number of ketones is 1. The average Bonchev–Trinajstić information content (AvgIpc) is 2.26. The van der Waals surface area contributed by atoms with E-state index in [1.807, 2.05) is 12.1 Å². The van der Waals surface area contributed by atoms with Gasteiger partial charge in [0.15, 0.2) is 5.78 Å². The van der Waals surface area contributed by atoms with Crippen LogP contribution in [-0.4, -0.2) is 5.78 Å². The summed E-state index contributed by atoms with van der Waals surface area (Å²) in [5.41, 5.74) is -0.528. The van der Waals surface area contributed by atoms with Crippen molar-refractivity contribution in [3.8, 4) is 0 Å². The molecular weight excluding hydrogens is 216 g/mol. The van der Waals surface area contributed by atoms with Crippen LogP contribution in [0, 0.1) is 5.41 Å². The Labute approximate surface area is 99.1 Å². The molecule has 0 aliphatic heterocycles. The van der Waals surface area contributed by atoms with Crippen molar-refractivity contribution in [2.45, 2.75) is 20.8 Å². The van der Waals surface area contributed by atoms with E-state index >= 15 is 0 Å². The van der Waals surface area contributed by atoms with E-state index in [0.29, 0.717) is 5.58 Å². The number of rotatable bonds is 1. The SMILES string of the molecule is CC(C)(C)C(=O)c1cc2ccccc2oc1=O. The summed E-state index contributed by atoms with van der Waals surface area (Å²) in [6, 6.07) is 8.76. The minimum absolute atomic E-state index is 0.121. The molecule has 2 rings (SSSR count). The first-order chi connectivity index (χ1) is 7.89. The molecule has 2 aromatic rings. The average molecular weight is 230 g/mol. The molecule has 1 aromatic carbocycles. The Morgan fingerprint density at radius 2 is 1.82 bits per heavy atom. The molecule has 0 amide bonds. The lowest BCUT2D eigenvalue weighted by Gasteiger charge is -2.15. The van der Waals surface area contributed by atoms with E-state index in [2.05, 4.69) is 0 Å². The predicted molar refractivity (Wildman–Crippen MR) is 66.3 cm³/mol. The van der Waals surface area contributed by atoms with Crippen LogP contribution in [0.4, 0.5) is 0 Å². The lowest BCUT2D eigenvalue weighted by Crippen LogP contribution is -2.25. The smallest absolute Gasteiger partial charge is 0.347 e. The van der Waals surface area contributed by atoms with Gasteiger partial charge in [-0.05, 0) is 12.1 Å². The molecule has 0 N–H and O–H groups in total. The highest BCUT2D eigenvalue weighted by molar-refractivity contribution is 6.01. The van der Waals surface area contributed by atoms with Crippen molar-refractivity contribution in [3.05, 3.63) is 46.3 Å². The first kappa shape index (κ1) is 11.6. The van der Waals surface area contributed by atoms with Crippen molar-refractivity contribution < 1.29 is 9.21 Å². The molecule has 0 unspecified atom stereocenters. The molecule has 1 aromatic heterocycles. The molecule has 3 heteroatoms. The molecule has 0 bridgehead atoms. The summed E-state index contributed by atoms with van der Waals surface area (Å²) in [6.07, 6.45) is 0. The Hall–Kier alpha value is -1.90. The Balaban J connectivity index is 2.67. The Morgan fingerprint density at radius 1 is 1.18 bits per heavy atom. The van der Waals surface area contributed by atoms with Crippen molar-refractivity contribution in [1.82, 2.24) is 0 Å². The van der Waals surface area contributed by atoms with E-state index in [1.54, 1.807) is 39.0 Å². The maximum absolute atomic E-state index is 12.1. The van der Waals surface area contributed by atoms with E-state index in [0.717, 1.165) is 5.39 Å². The minimum atomic E-state index is -0.586. The Morgan fingerprint density at radius 3 is 2.47 bits per heavy atom. The van der Waals surface area contributed by atoms with E-state index in [1.165, 1.54) is 0 Å². The fraction of sp³-hybridized carbons (Fsp3) is 0.286. The molecule has 0 saturated carbocycles. The standard InChI is InChI=1S/C14H14O3/c1-14(2,3)12(15)10-8-9-6-4-5-7-11(9)17-13(10)16/h4-8H,1-3H3. The van der Waals surface area contributed by atoms with E-state index < -0.39 is 11.0 Å². The number of fused-ring (bicyclic) bond motifs is 1. The molecule has 88 valence electrons. The highest BCUT2D eigenvalue weighted by Gasteiger charge is 2.26. The zero-order valence-electron chi connectivity index (χ0n) is 10.1. The van der Waals surface area contributed by atoms with Gasteiger partial charge in [-0.15, -0.1) is 0 Å². The molecule has 0 atom stereocenters. The number of carbonyl (C=O) groups is 1. The van der Waals surface area contributed by atoms with Crippen molar-refractivity contribution in [1.29, 1.82) is 0 Å². The van der Waals surface area contributed by atoms with Gasteiger partial charge in [0.1, 0.15) is 11.1 Å². The maximum atomic E-state index is 12.1.